The number of amides is 1. The molecule has 0 saturated heterocycles. The molecule has 0 bridgehead atoms. The maximum absolute atomic E-state index is 13.5. The summed E-state index contributed by atoms with van der Waals surface area (Å²) in [4.78, 5) is 26.3. The number of ether oxygens (including phenoxy) is 1. The van der Waals surface area contributed by atoms with Gasteiger partial charge in [0.1, 0.15) is 11.7 Å². The summed E-state index contributed by atoms with van der Waals surface area (Å²) in [5.74, 6) is 6.90. The third-order valence-electron chi connectivity index (χ3n) is 5.91. The van der Waals surface area contributed by atoms with Crippen molar-refractivity contribution in [2.24, 2.45) is 11.8 Å². The first-order valence-corrected chi connectivity index (χ1v) is 11.9. The second kappa shape index (κ2) is 12.0. The molecule has 0 radical (unpaired) electrons. The van der Waals surface area contributed by atoms with Gasteiger partial charge in [0.25, 0.3) is 5.91 Å². The lowest BCUT2D eigenvalue weighted by Crippen LogP contribution is -2.49. The van der Waals surface area contributed by atoms with Crippen LogP contribution in [0.5, 0.6) is 5.88 Å². The van der Waals surface area contributed by atoms with E-state index < -0.39 is 0 Å². The molecule has 1 aliphatic heterocycles. The van der Waals surface area contributed by atoms with Crippen molar-refractivity contribution in [3.8, 4) is 17.7 Å². The number of hydrogen-bond donors (Lipinski definition) is 1. The van der Waals surface area contributed by atoms with Gasteiger partial charge >= 0.3 is 0 Å². The average Bonchev–Trinajstić information content (AvgIpc) is 2.81. The van der Waals surface area contributed by atoms with Crippen LogP contribution in [0.15, 0.2) is 36.7 Å². The van der Waals surface area contributed by atoms with Crippen LogP contribution in [0.25, 0.3) is 0 Å². The fourth-order valence-corrected chi connectivity index (χ4v) is 3.89. The van der Waals surface area contributed by atoms with E-state index in [0.717, 1.165) is 12.1 Å². The van der Waals surface area contributed by atoms with E-state index >= 15 is 0 Å². The van der Waals surface area contributed by atoms with Crippen LogP contribution in [0, 0.1) is 23.7 Å². The Morgan fingerprint density at radius 2 is 2.09 bits per heavy atom. The number of hydrogen-bond acceptors (Lipinski definition) is 6. The van der Waals surface area contributed by atoms with Crippen molar-refractivity contribution in [1.82, 2.24) is 19.8 Å². The predicted octanol–water partition coefficient (Wildman–Crippen LogP) is 3.23. The Morgan fingerprint density at radius 3 is 2.76 bits per heavy atom. The molecule has 7 nitrogen and oxygen atoms in total. The number of carbonyl (C=O) groups is 1. The summed E-state index contributed by atoms with van der Waals surface area (Å²) in [6.07, 6.45) is 4.04. The van der Waals surface area contributed by atoms with Crippen LogP contribution >= 0.6 is 0 Å². The van der Waals surface area contributed by atoms with Crippen molar-refractivity contribution in [3.05, 3.63) is 53.5 Å². The summed E-state index contributed by atoms with van der Waals surface area (Å²) in [6, 6.07) is 7.33. The smallest absolute Gasteiger partial charge is 0.259 e. The molecule has 1 amide bonds. The molecule has 0 spiro atoms. The fraction of sp³-hybridized carbons (Fsp3) is 0.519. The number of aromatic nitrogens is 2. The number of rotatable bonds is 7. The van der Waals surface area contributed by atoms with Gasteiger partial charge in [0.15, 0.2) is 0 Å². The summed E-state index contributed by atoms with van der Waals surface area (Å²) in [6.45, 7) is 9.86. The Balaban J connectivity index is 1.89. The number of likely N-dealkylation sites (N-methyl/N-ethyl adjacent to an activating group) is 1. The van der Waals surface area contributed by atoms with Crippen molar-refractivity contribution in [2.45, 2.75) is 52.8 Å². The summed E-state index contributed by atoms with van der Waals surface area (Å²) in [5, 5.41) is 9.82. The molecular weight excluding hydrogens is 428 g/mol. The summed E-state index contributed by atoms with van der Waals surface area (Å²) < 4.78 is 6.36. The average molecular weight is 465 g/mol. The zero-order valence-corrected chi connectivity index (χ0v) is 20.9. The third-order valence-corrected chi connectivity index (χ3v) is 5.91. The molecule has 0 saturated carbocycles. The molecule has 3 rings (SSSR count). The van der Waals surface area contributed by atoms with E-state index in [-0.39, 0.29) is 30.6 Å². The summed E-state index contributed by atoms with van der Waals surface area (Å²) >= 11 is 0. The molecule has 2 aromatic rings. The molecule has 182 valence electrons. The second-order valence-corrected chi connectivity index (χ2v) is 9.62. The standard InChI is InChI=1S/C27H36N4O3/c1-19(2)9-8-10-22-13-24-26(29-14-22)34-25(17-30(5)16-23-11-6-7-12-28-23)20(3)15-31(27(24)33)21(4)18-32/h6-7,11-14,19-21,25,32H,9,15-18H2,1-5H3/t20-,21-,25-/m0/s1. The van der Waals surface area contributed by atoms with Crippen LogP contribution in [0.4, 0.5) is 0 Å². The van der Waals surface area contributed by atoms with E-state index in [0.29, 0.717) is 42.6 Å². The van der Waals surface area contributed by atoms with Gasteiger partial charge in [-0.3, -0.25) is 14.7 Å². The van der Waals surface area contributed by atoms with Crippen LogP contribution in [-0.4, -0.2) is 69.7 Å². The Hall–Kier alpha value is -2.95. The first-order valence-electron chi connectivity index (χ1n) is 11.9. The van der Waals surface area contributed by atoms with Gasteiger partial charge in [-0.05, 0) is 38.1 Å². The first-order chi connectivity index (χ1) is 16.3. The van der Waals surface area contributed by atoms with Crippen LogP contribution in [0.2, 0.25) is 0 Å². The van der Waals surface area contributed by atoms with Crippen LogP contribution in [0.3, 0.4) is 0 Å². The lowest BCUT2D eigenvalue weighted by Gasteiger charge is -2.37. The van der Waals surface area contributed by atoms with Gasteiger partial charge in [-0.1, -0.05) is 38.7 Å². The van der Waals surface area contributed by atoms with Gasteiger partial charge < -0.3 is 14.7 Å². The molecule has 3 atom stereocenters. The Morgan fingerprint density at radius 1 is 1.29 bits per heavy atom. The minimum Gasteiger partial charge on any atom is -0.472 e. The van der Waals surface area contributed by atoms with Crippen LogP contribution in [0.1, 0.15) is 55.7 Å². The van der Waals surface area contributed by atoms with Gasteiger partial charge in [0, 0.05) is 49.9 Å². The highest BCUT2D eigenvalue weighted by Gasteiger charge is 2.34. The number of nitrogens with zero attached hydrogens (tertiary/aromatic N) is 4. The number of pyridine rings is 2. The van der Waals surface area contributed by atoms with Crippen molar-refractivity contribution < 1.29 is 14.6 Å². The molecule has 34 heavy (non-hydrogen) atoms. The fourth-order valence-electron chi connectivity index (χ4n) is 3.89. The van der Waals surface area contributed by atoms with Gasteiger partial charge in [0.2, 0.25) is 5.88 Å². The molecule has 0 unspecified atom stereocenters. The minimum absolute atomic E-state index is 0.0320. The normalized spacial score (nSPS) is 19.1. The Kier molecular flexibility index (Phi) is 9.03. The first kappa shape index (κ1) is 25.7. The van der Waals surface area contributed by atoms with Crippen molar-refractivity contribution in [3.63, 3.8) is 0 Å². The van der Waals surface area contributed by atoms with Crippen LogP contribution < -0.4 is 4.74 Å². The second-order valence-electron chi connectivity index (χ2n) is 9.62. The monoisotopic (exact) mass is 464 g/mol. The summed E-state index contributed by atoms with van der Waals surface area (Å²) in [7, 11) is 2.03. The quantitative estimate of drug-likeness (QED) is 0.634. The number of fused-ring (bicyclic) bond motifs is 1. The molecule has 0 aromatic carbocycles. The minimum atomic E-state index is -0.316. The zero-order valence-electron chi connectivity index (χ0n) is 20.9. The molecule has 3 heterocycles. The molecule has 1 aliphatic rings. The molecule has 2 aromatic heterocycles. The van der Waals surface area contributed by atoms with Gasteiger partial charge in [-0.25, -0.2) is 4.98 Å². The largest absolute Gasteiger partial charge is 0.472 e. The maximum atomic E-state index is 13.5. The van der Waals surface area contributed by atoms with Crippen molar-refractivity contribution in [1.29, 1.82) is 0 Å². The molecule has 0 fully saturated rings. The number of aliphatic hydroxyl groups is 1. The highest BCUT2D eigenvalue weighted by molar-refractivity contribution is 5.97. The van der Waals surface area contributed by atoms with E-state index in [1.165, 1.54) is 0 Å². The highest BCUT2D eigenvalue weighted by Crippen LogP contribution is 2.27. The van der Waals surface area contributed by atoms with E-state index in [2.05, 4.69) is 47.5 Å². The van der Waals surface area contributed by atoms with Gasteiger partial charge in [-0.2, -0.15) is 0 Å². The van der Waals surface area contributed by atoms with E-state index in [9.17, 15) is 9.90 Å². The van der Waals surface area contributed by atoms with Crippen LogP contribution in [-0.2, 0) is 6.54 Å². The maximum Gasteiger partial charge on any atom is 0.259 e. The Bertz CT molecular complexity index is 1020. The van der Waals surface area contributed by atoms with E-state index in [4.69, 9.17) is 4.74 Å². The molecule has 1 N–H and O–H groups in total. The highest BCUT2D eigenvalue weighted by atomic mass is 16.5. The Labute approximate surface area is 203 Å². The lowest BCUT2D eigenvalue weighted by atomic mass is 10.00. The van der Waals surface area contributed by atoms with Gasteiger partial charge in [-0.15, -0.1) is 0 Å². The molecule has 7 heteroatoms. The van der Waals surface area contributed by atoms with Crippen molar-refractivity contribution in [2.75, 3.05) is 26.7 Å². The predicted molar refractivity (Wildman–Crippen MR) is 132 cm³/mol. The molecular formula is C27H36N4O3. The number of aliphatic hydroxyl groups excluding tert-OH is 1. The van der Waals surface area contributed by atoms with Crippen molar-refractivity contribution >= 4 is 5.91 Å². The topological polar surface area (TPSA) is 78.8 Å². The SMILES string of the molecule is CC(C)CC#Cc1cnc2c(c1)C(=O)N([C@@H](C)CO)C[C@H](C)[C@H](CN(C)Cc1ccccn1)O2. The number of carbonyl (C=O) groups excluding carboxylic acids is 1. The van der Waals surface area contributed by atoms with Gasteiger partial charge in [0.05, 0.1) is 18.3 Å². The third kappa shape index (κ3) is 6.78. The lowest BCUT2D eigenvalue weighted by molar-refractivity contribution is 0.0324. The zero-order chi connectivity index (χ0) is 24.7. The van der Waals surface area contributed by atoms with E-state index in [1.54, 1.807) is 23.4 Å². The van der Waals surface area contributed by atoms with E-state index in [1.807, 2.05) is 32.2 Å². The summed E-state index contributed by atoms with van der Waals surface area (Å²) in [5.41, 5.74) is 2.06. The molecule has 0 aliphatic carbocycles.